The maximum Gasteiger partial charge on any atom is 0.532 e. The van der Waals surface area contributed by atoms with E-state index in [0.717, 1.165) is 7.11 Å². The van der Waals surface area contributed by atoms with Crippen LogP contribution in [-0.2, 0) is 9.53 Å². The number of guanidine groups is 1. The molecule has 9 nitrogen and oxygen atoms in total. The van der Waals surface area contributed by atoms with Crippen molar-refractivity contribution in [1.29, 1.82) is 0 Å². The second-order valence-corrected chi connectivity index (χ2v) is 5.74. The summed E-state index contributed by atoms with van der Waals surface area (Å²) in [5.41, 5.74) is 11.0. The molecule has 0 saturated carbocycles. The molecule has 1 aromatic carbocycles. The third kappa shape index (κ3) is 4.30. The highest BCUT2D eigenvalue weighted by atomic mass is 35.5. The second kappa shape index (κ2) is 9.16. The van der Waals surface area contributed by atoms with Crippen molar-refractivity contribution in [3.8, 4) is 0 Å². The molecule has 1 fully saturated rings. The lowest BCUT2D eigenvalue weighted by atomic mass is 9.90. The number of anilines is 1. The first-order valence-electron chi connectivity index (χ1n) is 7.84. The van der Waals surface area contributed by atoms with Gasteiger partial charge in [0.05, 0.1) is 7.11 Å². The summed E-state index contributed by atoms with van der Waals surface area (Å²) >= 11 is 0. The molecule has 1 aliphatic rings. The van der Waals surface area contributed by atoms with Gasteiger partial charge in [0, 0.05) is 12.2 Å². The Bertz CT molecular complexity index is 693. The van der Waals surface area contributed by atoms with Crippen molar-refractivity contribution >= 4 is 42.1 Å². The number of nitrogens with zero attached hydrogens (tertiary/aromatic N) is 2. The normalized spacial score (nSPS) is 21.0. The number of quaternary nitrogens is 1. The molecule has 0 spiro atoms. The molecule has 1 aliphatic heterocycles. The summed E-state index contributed by atoms with van der Waals surface area (Å²) in [7, 11) is 1.15. The van der Waals surface area contributed by atoms with Gasteiger partial charge >= 0.3 is 18.0 Å². The zero-order chi connectivity index (χ0) is 18.4. The number of amides is 4. The van der Waals surface area contributed by atoms with Crippen LogP contribution in [0, 0.1) is 5.92 Å². The first kappa shape index (κ1) is 21.4. The second-order valence-electron chi connectivity index (χ2n) is 5.74. The molecule has 26 heavy (non-hydrogen) atoms. The third-order valence-electron chi connectivity index (χ3n) is 4.08. The Balaban J connectivity index is 0.00000338. The van der Waals surface area contributed by atoms with Gasteiger partial charge in [-0.3, -0.25) is 10.3 Å². The summed E-state index contributed by atoms with van der Waals surface area (Å²) in [4.78, 5) is 41.1. The van der Waals surface area contributed by atoms with Crippen molar-refractivity contribution in [2.24, 2.45) is 22.4 Å². The number of imide groups is 3. The largest absolute Gasteiger partial charge is 0.532 e. The Labute approximate surface area is 157 Å². The van der Waals surface area contributed by atoms with Crippen LogP contribution in [-0.4, -0.2) is 48.7 Å². The van der Waals surface area contributed by atoms with Crippen LogP contribution in [0.4, 0.5) is 15.3 Å². The lowest BCUT2D eigenvalue weighted by Gasteiger charge is -2.40. The zero-order valence-corrected chi connectivity index (χ0v) is 15.2. The summed E-state index contributed by atoms with van der Waals surface area (Å²) < 4.78 is 3.70. The van der Waals surface area contributed by atoms with Crippen LogP contribution in [0.2, 0.25) is 0 Å². The van der Waals surface area contributed by atoms with Crippen molar-refractivity contribution in [1.82, 2.24) is 0 Å². The number of ether oxygens (including phenoxy) is 1. The van der Waals surface area contributed by atoms with Crippen molar-refractivity contribution in [3.05, 3.63) is 30.3 Å². The number of urea groups is 1. The standard InChI is InChI=1S/C16H21N5O4.ClH/c1-25-16(24)21(15(23)20-12-7-3-2-4-8-12)10-11(13(21)22)6-5-9-19-14(17)18;/h2-4,7-8,11H,5-6,9-10H2,1H3,(H4-,17,18,19,20,23);1H/p+1/t11-,21+;/m1./s1. The molecule has 0 bridgehead atoms. The molecule has 1 saturated heterocycles. The smallest absolute Gasteiger partial charge is 0.423 e. The molecule has 0 aromatic heterocycles. The van der Waals surface area contributed by atoms with Crippen LogP contribution in [0.25, 0.3) is 0 Å². The van der Waals surface area contributed by atoms with Crippen LogP contribution < -0.4 is 16.8 Å². The fourth-order valence-corrected chi connectivity index (χ4v) is 2.79. The van der Waals surface area contributed by atoms with E-state index in [9.17, 15) is 14.4 Å². The monoisotopic (exact) mass is 384 g/mol. The minimum atomic E-state index is -0.988. The van der Waals surface area contributed by atoms with Gasteiger partial charge in [0.2, 0.25) is 0 Å². The number of methoxy groups -OCH3 is 1. The van der Waals surface area contributed by atoms with Crippen LogP contribution in [0.15, 0.2) is 35.3 Å². The van der Waals surface area contributed by atoms with Gasteiger partial charge in [0.25, 0.3) is 0 Å². The molecule has 1 aromatic rings. The first-order valence-corrected chi connectivity index (χ1v) is 7.84. The molecule has 1 heterocycles. The van der Waals surface area contributed by atoms with Gasteiger partial charge in [-0.15, -0.1) is 12.4 Å². The fraction of sp³-hybridized carbons (Fsp3) is 0.375. The first-order chi connectivity index (χ1) is 11.9. The van der Waals surface area contributed by atoms with Gasteiger partial charge in [0.15, 0.2) is 5.96 Å². The van der Waals surface area contributed by atoms with Gasteiger partial charge in [-0.25, -0.2) is 9.59 Å². The van der Waals surface area contributed by atoms with Crippen molar-refractivity contribution in [2.45, 2.75) is 12.8 Å². The van der Waals surface area contributed by atoms with Gasteiger partial charge in [-0.2, -0.15) is 4.79 Å². The Morgan fingerprint density at radius 3 is 2.50 bits per heavy atom. The minimum absolute atomic E-state index is 0. The summed E-state index contributed by atoms with van der Waals surface area (Å²) in [6.45, 7) is 0.451. The summed E-state index contributed by atoms with van der Waals surface area (Å²) in [6.07, 6.45) is 0.181. The van der Waals surface area contributed by atoms with E-state index < -0.39 is 28.4 Å². The van der Waals surface area contributed by atoms with E-state index in [1.54, 1.807) is 30.3 Å². The molecular weight excluding hydrogens is 362 g/mol. The summed E-state index contributed by atoms with van der Waals surface area (Å²) in [6, 6.07) is 7.89. The molecule has 0 unspecified atom stereocenters. The maximum absolute atomic E-state index is 12.6. The Morgan fingerprint density at radius 1 is 1.31 bits per heavy atom. The molecule has 4 amide bonds. The lowest BCUT2D eigenvalue weighted by molar-refractivity contribution is -0.737. The van der Waals surface area contributed by atoms with Gasteiger partial charge in [-0.05, 0) is 25.0 Å². The Hall–Kier alpha value is -2.65. The van der Waals surface area contributed by atoms with E-state index in [0.29, 0.717) is 25.1 Å². The van der Waals surface area contributed by atoms with Crippen molar-refractivity contribution in [2.75, 3.05) is 25.5 Å². The molecule has 142 valence electrons. The predicted octanol–water partition coefficient (Wildman–Crippen LogP) is 1.43. The molecule has 5 N–H and O–H groups in total. The average molecular weight is 385 g/mol. The number of β-lactam (4-membered cyclic amide) rings is 1. The number of aliphatic imine (C=N–C) groups is 1. The number of hydrogen-bond donors (Lipinski definition) is 3. The highest BCUT2D eigenvalue weighted by molar-refractivity contribution is 6.03. The van der Waals surface area contributed by atoms with E-state index in [1.165, 1.54) is 0 Å². The number of likely N-dealkylation sites (tertiary alicyclic amines) is 1. The number of benzene rings is 1. The van der Waals surface area contributed by atoms with E-state index in [1.807, 2.05) is 0 Å². The highest BCUT2D eigenvalue weighted by Gasteiger charge is 2.66. The Morgan fingerprint density at radius 2 is 1.96 bits per heavy atom. The van der Waals surface area contributed by atoms with E-state index in [2.05, 4.69) is 15.0 Å². The van der Waals surface area contributed by atoms with Crippen LogP contribution in [0.5, 0.6) is 0 Å². The molecule has 0 radical (unpaired) electrons. The van der Waals surface area contributed by atoms with Crippen LogP contribution >= 0.6 is 12.4 Å². The fourth-order valence-electron chi connectivity index (χ4n) is 2.79. The number of nitrogens with two attached hydrogens (primary N) is 2. The lowest BCUT2D eigenvalue weighted by Crippen LogP contribution is -2.74. The molecule has 2 rings (SSSR count). The number of nitrogens with one attached hydrogen (secondary N) is 1. The Kier molecular flexibility index (Phi) is 7.54. The van der Waals surface area contributed by atoms with Crippen LogP contribution in [0.1, 0.15) is 12.8 Å². The molecular formula is C16H23ClN5O4+. The topological polar surface area (TPSA) is 137 Å². The van der Waals surface area contributed by atoms with Gasteiger partial charge in [0.1, 0.15) is 12.5 Å². The number of carbonyl (C=O) groups excluding carboxylic acids is 3. The third-order valence-corrected chi connectivity index (χ3v) is 4.08. The van der Waals surface area contributed by atoms with E-state index >= 15 is 0 Å². The molecule has 10 heteroatoms. The summed E-state index contributed by atoms with van der Waals surface area (Å²) in [5.74, 6) is -0.901. The van der Waals surface area contributed by atoms with E-state index in [-0.39, 0.29) is 24.9 Å². The number of halogens is 1. The SMILES string of the molecule is COC(=O)[N@@+]1(C(=O)Nc2ccccc2)C[C@@H](CCCN=C(N)N)C1=O.Cl. The average Bonchev–Trinajstić information content (AvgIpc) is 2.60. The number of rotatable bonds is 5. The van der Waals surface area contributed by atoms with E-state index in [4.69, 9.17) is 11.5 Å². The zero-order valence-electron chi connectivity index (χ0n) is 14.4. The number of carbonyl (C=O) groups is 3. The van der Waals surface area contributed by atoms with Crippen LogP contribution in [0.3, 0.4) is 0 Å². The van der Waals surface area contributed by atoms with Crippen molar-refractivity contribution < 1.29 is 23.6 Å². The highest BCUT2D eigenvalue weighted by Crippen LogP contribution is 2.33. The predicted molar refractivity (Wildman–Crippen MR) is 98.6 cm³/mol. The number of hydrogen-bond acceptors (Lipinski definition) is 5. The molecule has 0 aliphatic carbocycles. The quantitative estimate of drug-likeness (QED) is 0.231. The maximum atomic E-state index is 12.6. The van der Waals surface area contributed by atoms with Gasteiger partial charge < -0.3 is 16.2 Å². The van der Waals surface area contributed by atoms with Gasteiger partial charge in [-0.1, -0.05) is 22.7 Å². The minimum Gasteiger partial charge on any atom is -0.423 e. The summed E-state index contributed by atoms with van der Waals surface area (Å²) in [5, 5.41) is 2.59. The number of para-hydroxylation sites is 1. The van der Waals surface area contributed by atoms with Crippen molar-refractivity contribution in [3.63, 3.8) is 0 Å². The molecule has 2 atom stereocenters.